The molecule has 0 unspecified atom stereocenters. The molecule has 13 heavy (non-hydrogen) atoms. The summed E-state index contributed by atoms with van der Waals surface area (Å²) in [5, 5.41) is 0. The van der Waals surface area contributed by atoms with Gasteiger partial charge in [-0.2, -0.15) is 0 Å². The molecular weight excluding hydrogens is 236 g/mol. The number of hydrogen-bond donors (Lipinski definition) is 1. The highest BCUT2D eigenvalue weighted by molar-refractivity contribution is 9.10. The fourth-order valence-corrected chi connectivity index (χ4v) is 1.66. The third kappa shape index (κ3) is 1.49. The van der Waals surface area contributed by atoms with Crippen LogP contribution in [-0.4, -0.2) is 17.8 Å². The SMILES string of the molecule is Nc1cn(C2COC2)cc(Br)c1=O. The van der Waals surface area contributed by atoms with Crippen molar-refractivity contribution in [3.8, 4) is 0 Å². The van der Waals surface area contributed by atoms with Crippen molar-refractivity contribution in [2.75, 3.05) is 18.9 Å². The number of aromatic nitrogens is 1. The molecule has 0 atom stereocenters. The van der Waals surface area contributed by atoms with Gasteiger partial charge in [-0.3, -0.25) is 4.79 Å². The minimum Gasteiger partial charge on any atom is -0.394 e. The van der Waals surface area contributed by atoms with Gasteiger partial charge in [0, 0.05) is 12.4 Å². The molecule has 0 aromatic carbocycles. The van der Waals surface area contributed by atoms with Crippen LogP contribution in [0.25, 0.3) is 0 Å². The average Bonchev–Trinajstić information content (AvgIpc) is 1.96. The minimum absolute atomic E-state index is 0.156. The van der Waals surface area contributed by atoms with Crippen molar-refractivity contribution in [1.82, 2.24) is 4.57 Å². The monoisotopic (exact) mass is 244 g/mol. The predicted molar refractivity (Wildman–Crippen MR) is 52.7 cm³/mol. The van der Waals surface area contributed by atoms with Crippen LogP contribution in [0.1, 0.15) is 6.04 Å². The van der Waals surface area contributed by atoms with Crippen LogP contribution in [0.5, 0.6) is 0 Å². The summed E-state index contributed by atoms with van der Waals surface area (Å²) in [5.74, 6) is 0. The lowest BCUT2D eigenvalue weighted by Crippen LogP contribution is -2.31. The van der Waals surface area contributed by atoms with E-state index in [0.717, 1.165) is 0 Å². The van der Waals surface area contributed by atoms with Crippen molar-refractivity contribution in [1.29, 1.82) is 0 Å². The first kappa shape index (κ1) is 8.77. The normalized spacial score (nSPS) is 17.0. The van der Waals surface area contributed by atoms with Gasteiger partial charge in [-0.05, 0) is 15.9 Å². The van der Waals surface area contributed by atoms with Crippen LogP contribution in [0.2, 0.25) is 0 Å². The molecule has 0 saturated carbocycles. The Morgan fingerprint density at radius 2 is 2.23 bits per heavy atom. The van der Waals surface area contributed by atoms with Crippen molar-refractivity contribution in [3.05, 3.63) is 27.1 Å². The number of halogens is 1. The number of hydrogen-bond acceptors (Lipinski definition) is 3. The van der Waals surface area contributed by atoms with Crippen molar-refractivity contribution < 1.29 is 4.74 Å². The number of anilines is 1. The fraction of sp³-hybridized carbons (Fsp3) is 0.375. The van der Waals surface area contributed by atoms with Crippen LogP contribution in [0.15, 0.2) is 21.7 Å². The zero-order chi connectivity index (χ0) is 9.42. The molecule has 1 saturated heterocycles. The zero-order valence-electron chi connectivity index (χ0n) is 6.87. The van der Waals surface area contributed by atoms with E-state index in [2.05, 4.69) is 15.9 Å². The Bertz CT molecular complexity index is 358. The maximum absolute atomic E-state index is 11.2. The van der Waals surface area contributed by atoms with E-state index in [1.807, 2.05) is 4.57 Å². The predicted octanol–water partition coefficient (Wildman–Crippen LogP) is 0.764. The van der Waals surface area contributed by atoms with Crippen molar-refractivity contribution in [3.63, 3.8) is 0 Å². The van der Waals surface area contributed by atoms with Gasteiger partial charge in [0.2, 0.25) is 5.43 Å². The van der Waals surface area contributed by atoms with E-state index in [1.165, 1.54) is 0 Å². The highest BCUT2D eigenvalue weighted by atomic mass is 79.9. The summed E-state index contributed by atoms with van der Waals surface area (Å²) in [7, 11) is 0. The smallest absolute Gasteiger partial charge is 0.218 e. The van der Waals surface area contributed by atoms with Crippen LogP contribution in [0.3, 0.4) is 0 Å². The summed E-state index contributed by atoms with van der Waals surface area (Å²) >= 11 is 3.16. The van der Waals surface area contributed by atoms with Gasteiger partial charge >= 0.3 is 0 Å². The topological polar surface area (TPSA) is 57.2 Å². The highest BCUT2D eigenvalue weighted by Gasteiger charge is 2.20. The Morgan fingerprint density at radius 3 is 2.69 bits per heavy atom. The largest absolute Gasteiger partial charge is 0.394 e. The molecule has 1 aromatic heterocycles. The lowest BCUT2D eigenvalue weighted by Gasteiger charge is -2.28. The number of nitrogens with zero attached hydrogens (tertiary/aromatic N) is 1. The molecule has 1 aromatic rings. The molecule has 2 rings (SSSR count). The summed E-state index contributed by atoms with van der Waals surface area (Å²) in [4.78, 5) is 11.2. The number of ether oxygens (including phenoxy) is 1. The van der Waals surface area contributed by atoms with Gasteiger partial charge in [-0.1, -0.05) is 0 Å². The highest BCUT2D eigenvalue weighted by Crippen LogP contribution is 2.18. The van der Waals surface area contributed by atoms with E-state index < -0.39 is 0 Å². The molecule has 0 spiro atoms. The van der Waals surface area contributed by atoms with E-state index in [-0.39, 0.29) is 11.1 Å². The van der Waals surface area contributed by atoms with E-state index >= 15 is 0 Å². The molecule has 1 aliphatic heterocycles. The Kier molecular flexibility index (Phi) is 2.13. The van der Waals surface area contributed by atoms with Gasteiger partial charge in [0.05, 0.1) is 29.4 Å². The lowest BCUT2D eigenvalue weighted by molar-refractivity contribution is -0.0235. The maximum Gasteiger partial charge on any atom is 0.218 e. The average molecular weight is 245 g/mol. The van der Waals surface area contributed by atoms with Crippen molar-refractivity contribution >= 4 is 21.6 Å². The molecule has 5 heteroatoms. The number of nitrogen functional groups attached to an aromatic ring is 1. The first-order chi connectivity index (χ1) is 6.18. The van der Waals surface area contributed by atoms with Gasteiger partial charge in [-0.25, -0.2) is 0 Å². The van der Waals surface area contributed by atoms with Crippen molar-refractivity contribution in [2.45, 2.75) is 6.04 Å². The molecule has 1 aliphatic rings. The van der Waals surface area contributed by atoms with Crippen LogP contribution in [0.4, 0.5) is 5.69 Å². The molecule has 4 nitrogen and oxygen atoms in total. The molecule has 2 N–H and O–H groups in total. The second-order valence-electron chi connectivity index (χ2n) is 3.03. The summed E-state index contributed by atoms with van der Waals surface area (Å²) in [6, 6.07) is 0.319. The van der Waals surface area contributed by atoms with Gasteiger partial charge in [0.25, 0.3) is 0 Å². The molecule has 0 amide bonds. The summed E-state index contributed by atoms with van der Waals surface area (Å²) in [5.41, 5.74) is 5.64. The first-order valence-corrected chi connectivity index (χ1v) is 4.72. The number of nitrogens with two attached hydrogens (primary N) is 1. The molecule has 2 heterocycles. The van der Waals surface area contributed by atoms with E-state index in [0.29, 0.717) is 23.7 Å². The second-order valence-corrected chi connectivity index (χ2v) is 3.88. The van der Waals surface area contributed by atoms with Crippen LogP contribution < -0.4 is 11.2 Å². The zero-order valence-corrected chi connectivity index (χ0v) is 8.45. The summed E-state index contributed by atoms with van der Waals surface area (Å²) in [6.45, 7) is 1.38. The Labute approximate surface area is 83.4 Å². The van der Waals surface area contributed by atoms with Crippen molar-refractivity contribution in [2.24, 2.45) is 0 Å². The first-order valence-electron chi connectivity index (χ1n) is 3.93. The quantitative estimate of drug-likeness (QED) is 0.794. The van der Waals surface area contributed by atoms with Crippen LogP contribution in [0, 0.1) is 0 Å². The van der Waals surface area contributed by atoms with E-state index in [9.17, 15) is 4.79 Å². The summed E-state index contributed by atoms with van der Waals surface area (Å²) < 4.78 is 7.45. The fourth-order valence-electron chi connectivity index (χ4n) is 1.19. The Hall–Kier alpha value is -0.810. The standard InChI is InChI=1S/C8H9BrN2O2/c9-6-1-11(5-3-13-4-5)2-7(10)8(6)12/h1-2,5H,3-4,10H2. The van der Waals surface area contributed by atoms with Gasteiger partial charge in [-0.15, -0.1) is 0 Å². The Balaban J connectivity index is 2.43. The number of rotatable bonds is 1. The van der Waals surface area contributed by atoms with E-state index in [4.69, 9.17) is 10.5 Å². The number of pyridine rings is 1. The third-order valence-electron chi connectivity index (χ3n) is 2.07. The lowest BCUT2D eigenvalue weighted by atomic mass is 10.2. The van der Waals surface area contributed by atoms with E-state index in [1.54, 1.807) is 12.4 Å². The summed E-state index contributed by atoms with van der Waals surface area (Å²) in [6.07, 6.45) is 3.40. The molecule has 1 fully saturated rings. The molecule has 0 bridgehead atoms. The molecular formula is C8H9BrN2O2. The maximum atomic E-state index is 11.2. The van der Waals surface area contributed by atoms with Gasteiger partial charge in [0.1, 0.15) is 0 Å². The second kappa shape index (κ2) is 3.16. The third-order valence-corrected chi connectivity index (χ3v) is 2.64. The van der Waals surface area contributed by atoms with Gasteiger partial charge in [0.15, 0.2) is 0 Å². The molecule has 0 radical (unpaired) electrons. The van der Waals surface area contributed by atoms with Gasteiger partial charge < -0.3 is 15.0 Å². The molecule has 70 valence electrons. The van der Waals surface area contributed by atoms with Crippen LogP contribution >= 0.6 is 15.9 Å². The minimum atomic E-state index is -0.156. The molecule has 0 aliphatic carbocycles. The van der Waals surface area contributed by atoms with Crippen LogP contribution in [-0.2, 0) is 4.74 Å². The Morgan fingerprint density at radius 1 is 1.54 bits per heavy atom.